The van der Waals surface area contributed by atoms with Crippen molar-refractivity contribution >= 4 is 11.6 Å². The van der Waals surface area contributed by atoms with E-state index < -0.39 is 11.7 Å². The number of alkyl halides is 3. The predicted molar refractivity (Wildman–Crippen MR) is 67.8 cm³/mol. The topological polar surface area (TPSA) is 20.2 Å². The van der Waals surface area contributed by atoms with E-state index in [-0.39, 0.29) is 6.61 Å². The van der Waals surface area contributed by atoms with E-state index >= 15 is 0 Å². The third-order valence-corrected chi connectivity index (χ3v) is 2.97. The van der Waals surface area contributed by atoms with E-state index in [1.807, 2.05) is 0 Å². The maximum atomic E-state index is 12.7. The summed E-state index contributed by atoms with van der Waals surface area (Å²) in [5.41, 5.74) is 0.712. The van der Waals surface area contributed by atoms with Crippen molar-refractivity contribution in [2.45, 2.75) is 12.8 Å². The first-order chi connectivity index (χ1) is 8.91. The number of aliphatic hydroxyl groups excluding tert-OH is 1. The SMILES string of the molecule is OCc1cc(Cl)ccc1-c1cccc(C(F)(F)F)c1. The summed E-state index contributed by atoms with van der Waals surface area (Å²) in [6.45, 7) is -0.286. The lowest BCUT2D eigenvalue weighted by molar-refractivity contribution is -0.137. The van der Waals surface area contributed by atoms with Crippen molar-refractivity contribution in [1.29, 1.82) is 0 Å². The van der Waals surface area contributed by atoms with Crippen LogP contribution in [0.1, 0.15) is 11.1 Å². The van der Waals surface area contributed by atoms with E-state index in [1.54, 1.807) is 18.2 Å². The van der Waals surface area contributed by atoms with Crippen LogP contribution in [0.25, 0.3) is 11.1 Å². The monoisotopic (exact) mass is 286 g/mol. The van der Waals surface area contributed by atoms with Crippen LogP contribution in [-0.4, -0.2) is 5.11 Å². The zero-order valence-corrected chi connectivity index (χ0v) is 10.5. The molecule has 0 spiro atoms. The average molecular weight is 287 g/mol. The zero-order valence-electron chi connectivity index (χ0n) is 9.71. The van der Waals surface area contributed by atoms with Gasteiger partial charge in [-0.15, -0.1) is 0 Å². The van der Waals surface area contributed by atoms with Crippen molar-refractivity contribution in [3.63, 3.8) is 0 Å². The average Bonchev–Trinajstić information content (AvgIpc) is 2.37. The quantitative estimate of drug-likeness (QED) is 0.861. The van der Waals surface area contributed by atoms with Crippen LogP contribution in [0.3, 0.4) is 0 Å². The van der Waals surface area contributed by atoms with Crippen molar-refractivity contribution in [2.75, 3.05) is 0 Å². The molecule has 100 valence electrons. The van der Waals surface area contributed by atoms with Crippen molar-refractivity contribution in [3.8, 4) is 11.1 Å². The summed E-state index contributed by atoms with van der Waals surface area (Å²) in [5.74, 6) is 0. The fourth-order valence-electron chi connectivity index (χ4n) is 1.84. The fourth-order valence-corrected chi connectivity index (χ4v) is 2.03. The first kappa shape index (κ1) is 13.9. The van der Waals surface area contributed by atoms with Gasteiger partial charge in [-0.2, -0.15) is 13.2 Å². The second kappa shape index (κ2) is 5.23. The predicted octanol–water partition coefficient (Wildman–Crippen LogP) is 4.52. The molecular formula is C14H10ClF3O. The molecule has 19 heavy (non-hydrogen) atoms. The molecule has 0 unspecified atom stereocenters. The highest BCUT2D eigenvalue weighted by Gasteiger charge is 2.30. The van der Waals surface area contributed by atoms with E-state index in [0.29, 0.717) is 21.7 Å². The molecule has 0 fully saturated rings. The van der Waals surface area contributed by atoms with Crippen LogP contribution in [0.4, 0.5) is 13.2 Å². The van der Waals surface area contributed by atoms with E-state index in [9.17, 15) is 18.3 Å². The molecule has 0 bridgehead atoms. The van der Waals surface area contributed by atoms with Gasteiger partial charge < -0.3 is 5.11 Å². The summed E-state index contributed by atoms with van der Waals surface area (Å²) in [6.07, 6.45) is -4.39. The van der Waals surface area contributed by atoms with Gasteiger partial charge in [-0.25, -0.2) is 0 Å². The van der Waals surface area contributed by atoms with Crippen LogP contribution < -0.4 is 0 Å². The summed E-state index contributed by atoms with van der Waals surface area (Å²) >= 11 is 5.80. The van der Waals surface area contributed by atoms with Crippen molar-refractivity contribution < 1.29 is 18.3 Å². The van der Waals surface area contributed by atoms with Gasteiger partial charge in [-0.1, -0.05) is 29.8 Å². The van der Waals surface area contributed by atoms with Crippen LogP contribution >= 0.6 is 11.6 Å². The van der Waals surface area contributed by atoms with Crippen molar-refractivity contribution in [2.24, 2.45) is 0 Å². The minimum atomic E-state index is -4.39. The molecule has 5 heteroatoms. The fraction of sp³-hybridized carbons (Fsp3) is 0.143. The number of rotatable bonds is 2. The van der Waals surface area contributed by atoms with Gasteiger partial charge in [0.25, 0.3) is 0 Å². The Bertz CT molecular complexity index is 593. The third-order valence-electron chi connectivity index (χ3n) is 2.74. The molecule has 2 aromatic rings. The number of hydrogen-bond donors (Lipinski definition) is 1. The minimum absolute atomic E-state index is 0.286. The van der Waals surface area contributed by atoms with Gasteiger partial charge in [-0.05, 0) is 41.0 Å². The molecule has 0 amide bonds. The highest BCUT2D eigenvalue weighted by molar-refractivity contribution is 6.30. The van der Waals surface area contributed by atoms with Gasteiger partial charge in [0.1, 0.15) is 0 Å². The van der Waals surface area contributed by atoms with Crippen LogP contribution in [-0.2, 0) is 12.8 Å². The molecule has 2 aromatic carbocycles. The Hall–Kier alpha value is -1.52. The van der Waals surface area contributed by atoms with Crippen LogP contribution in [0.2, 0.25) is 5.02 Å². The normalized spacial score (nSPS) is 11.6. The van der Waals surface area contributed by atoms with Crippen LogP contribution in [0, 0.1) is 0 Å². The molecule has 1 nitrogen and oxygen atoms in total. The van der Waals surface area contributed by atoms with Gasteiger partial charge in [0.05, 0.1) is 12.2 Å². The van der Waals surface area contributed by atoms with Crippen LogP contribution in [0.5, 0.6) is 0 Å². The Morgan fingerprint density at radius 2 is 1.79 bits per heavy atom. The second-order valence-corrected chi connectivity index (χ2v) is 4.47. The lowest BCUT2D eigenvalue weighted by atomic mass is 9.98. The number of hydrogen-bond acceptors (Lipinski definition) is 1. The standard InChI is InChI=1S/C14H10ClF3O/c15-12-4-5-13(10(7-12)8-19)9-2-1-3-11(6-9)14(16,17)18/h1-7,19H,8H2. The zero-order chi connectivity index (χ0) is 14.0. The van der Waals surface area contributed by atoms with Gasteiger partial charge in [0, 0.05) is 5.02 Å². The summed E-state index contributed by atoms with van der Waals surface area (Å²) in [7, 11) is 0. The molecule has 2 rings (SSSR count). The van der Waals surface area contributed by atoms with Gasteiger partial charge in [0.2, 0.25) is 0 Å². The molecule has 0 saturated carbocycles. The highest BCUT2D eigenvalue weighted by atomic mass is 35.5. The first-order valence-corrected chi connectivity index (χ1v) is 5.86. The summed E-state index contributed by atoms with van der Waals surface area (Å²) < 4.78 is 38.0. The largest absolute Gasteiger partial charge is 0.416 e. The molecule has 0 atom stereocenters. The van der Waals surface area contributed by atoms with Gasteiger partial charge in [-0.3, -0.25) is 0 Å². The Balaban J connectivity index is 2.53. The van der Waals surface area contributed by atoms with Crippen molar-refractivity contribution in [1.82, 2.24) is 0 Å². The smallest absolute Gasteiger partial charge is 0.392 e. The second-order valence-electron chi connectivity index (χ2n) is 4.04. The number of halogens is 4. The van der Waals surface area contributed by atoms with Gasteiger partial charge in [0.15, 0.2) is 0 Å². The number of aliphatic hydroxyl groups is 1. The molecule has 0 aliphatic heterocycles. The summed E-state index contributed by atoms with van der Waals surface area (Å²) in [6, 6.07) is 9.70. The van der Waals surface area contributed by atoms with Crippen LogP contribution in [0.15, 0.2) is 42.5 Å². The Labute approximate surface area is 113 Å². The molecule has 0 aliphatic carbocycles. The van der Waals surface area contributed by atoms with E-state index in [4.69, 9.17) is 11.6 Å². The molecule has 0 radical (unpaired) electrons. The molecular weight excluding hydrogens is 277 g/mol. The molecule has 0 aromatic heterocycles. The molecule has 1 N–H and O–H groups in total. The Morgan fingerprint density at radius 3 is 2.42 bits per heavy atom. The lowest BCUT2D eigenvalue weighted by Crippen LogP contribution is -2.04. The highest BCUT2D eigenvalue weighted by Crippen LogP contribution is 2.33. The maximum absolute atomic E-state index is 12.7. The van der Waals surface area contributed by atoms with Crippen molar-refractivity contribution in [3.05, 3.63) is 58.6 Å². The molecule has 0 saturated heterocycles. The first-order valence-electron chi connectivity index (χ1n) is 5.49. The lowest BCUT2D eigenvalue weighted by Gasteiger charge is -2.11. The number of benzene rings is 2. The Morgan fingerprint density at radius 1 is 1.05 bits per heavy atom. The third kappa shape index (κ3) is 3.08. The molecule has 0 aliphatic rings. The Kier molecular flexibility index (Phi) is 3.83. The molecule has 0 heterocycles. The van der Waals surface area contributed by atoms with E-state index in [0.717, 1.165) is 12.1 Å². The summed E-state index contributed by atoms with van der Waals surface area (Å²) in [4.78, 5) is 0. The van der Waals surface area contributed by atoms with E-state index in [2.05, 4.69) is 0 Å². The maximum Gasteiger partial charge on any atom is 0.416 e. The minimum Gasteiger partial charge on any atom is -0.392 e. The summed E-state index contributed by atoms with van der Waals surface area (Å²) in [5, 5.41) is 9.68. The van der Waals surface area contributed by atoms with Gasteiger partial charge >= 0.3 is 6.18 Å². The van der Waals surface area contributed by atoms with E-state index in [1.165, 1.54) is 12.1 Å².